The van der Waals surface area contributed by atoms with Crippen LogP contribution in [0.15, 0.2) is 42.5 Å². The summed E-state index contributed by atoms with van der Waals surface area (Å²) in [5.41, 5.74) is -0.836. The molecular formula is C15H13ClN4O7S. The van der Waals surface area contributed by atoms with E-state index < -0.39 is 32.3 Å². The minimum Gasteiger partial charge on any atom is -0.323 e. The molecule has 0 radical (unpaired) electrons. The summed E-state index contributed by atoms with van der Waals surface area (Å²) in [4.78, 5) is 32.7. The second-order valence-electron chi connectivity index (χ2n) is 5.52. The maximum Gasteiger partial charge on any atom is 0.271 e. The summed E-state index contributed by atoms with van der Waals surface area (Å²) in [6, 6.07) is 8.14. The van der Waals surface area contributed by atoms with E-state index in [1.165, 1.54) is 24.3 Å². The zero-order chi connectivity index (χ0) is 21.1. The van der Waals surface area contributed by atoms with Crippen molar-refractivity contribution in [2.75, 3.05) is 22.4 Å². The molecule has 0 saturated carbocycles. The van der Waals surface area contributed by atoms with Crippen LogP contribution in [-0.4, -0.2) is 37.0 Å². The lowest BCUT2D eigenvalue weighted by atomic mass is 10.2. The van der Waals surface area contributed by atoms with E-state index in [9.17, 15) is 33.4 Å². The minimum absolute atomic E-state index is 0.0141. The molecule has 0 aliphatic carbocycles. The SMILES string of the molecule is CS(=O)(=O)N(CC(=O)Nc1cc([N+](=O)[O-])ccc1Cl)c1cccc([N+](=O)[O-])c1. The Morgan fingerprint density at radius 1 is 1.11 bits per heavy atom. The molecule has 28 heavy (non-hydrogen) atoms. The van der Waals surface area contributed by atoms with Crippen molar-refractivity contribution in [3.05, 3.63) is 67.7 Å². The van der Waals surface area contributed by atoms with Crippen molar-refractivity contribution < 1.29 is 23.1 Å². The van der Waals surface area contributed by atoms with Gasteiger partial charge in [-0.1, -0.05) is 17.7 Å². The number of hydrogen-bond acceptors (Lipinski definition) is 7. The van der Waals surface area contributed by atoms with Gasteiger partial charge in [0.05, 0.1) is 32.5 Å². The van der Waals surface area contributed by atoms with Gasteiger partial charge in [-0.15, -0.1) is 0 Å². The second kappa shape index (κ2) is 8.19. The molecule has 2 aromatic carbocycles. The molecule has 11 nitrogen and oxygen atoms in total. The quantitative estimate of drug-likeness (QED) is 0.525. The first-order valence-electron chi connectivity index (χ1n) is 7.45. The molecule has 2 aromatic rings. The standard InChI is InChI=1S/C15H13ClN4O7S/c1-28(26,27)18(10-3-2-4-11(7-10)19(22)23)9-15(21)17-14-8-12(20(24)25)5-6-13(14)16/h2-8H,9H2,1H3,(H,17,21). The van der Waals surface area contributed by atoms with Crippen LogP contribution in [0.2, 0.25) is 5.02 Å². The molecule has 0 aromatic heterocycles. The Kier molecular flexibility index (Phi) is 6.16. The second-order valence-corrected chi connectivity index (χ2v) is 7.83. The van der Waals surface area contributed by atoms with Gasteiger partial charge in [0.2, 0.25) is 15.9 Å². The molecular weight excluding hydrogens is 416 g/mol. The molecule has 0 aliphatic rings. The molecule has 1 N–H and O–H groups in total. The molecule has 0 spiro atoms. The smallest absolute Gasteiger partial charge is 0.271 e. The largest absolute Gasteiger partial charge is 0.323 e. The van der Waals surface area contributed by atoms with E-state index in [0.29, 0.717) is 4.31 Å². The number of nitro benzene ring substituents is 2. The van der Waals surface area contributed by atoms with Crippen molar-refractivity contribution in [3.63, 3.8) is 0 Å². The van der Waals surface area contributed by atoms with E-state index in [1.807, 2.05) is 0 Å². The lowest BCUT2D eigenvalue weighted by molar-refractivity contribution is -0.385. The van der Waals surface area contributed by atoms with Crippen molar-refractivity contribution in [1.82, 2.24) is 0 Å². The van der Waals surface area contributed by atoms with Crippen molar-refractivity contribution in [2.24, 2.45) is 0 Å². The Morgan fingerprint density at radius 3 is 2.29 bits per heavy atom. The first kappa shape index (κ1) is 21.1. The average Bonchev–Trinajstić information content (AvgIpc) is 2.60. The highest BCUT2D eigenvalue weighted by atomic mass is 35.5. The molecule has 13 heteroatoms. The predicted molar refractivity (Wildman–Crippen MR) is 102 cm³/mol. The number of nitrogens with zero attached hydrogens (tertiary/aromatic N) is 3. The Balaban J connectivity index is 2.30. The number of hydrogen-bond donors (Lipinski definition) is 1. The van der Waals surface area contributed by atoms with Gasteiger partial charge in [0.1, 0.15) is 6.54 Å². The molecule has 0 atom stereocenters. The van der Waals surface area contributed by atoms with E-state index in [2.05, 4.69) is 5.32 Å². The number of non-ortho nitro benzene ring substituents is 2. The molecule has 148 valence electrons. The molecule has 0 aliphatic heterocycles. The molecule has 0 bridgehead atoms. The van der Waals surface area contributed by atoms with Crippen LogP contribution in [0.1, 0.15) is 0 Å². The third-order valence-corrected chi connectivity index (χ3v) is 4.92. The summed E-state index contributed by atoms with van der Waals surface area (Å²) in [6.07, 6.45) is 0.833. The molecule has 0 unspecified atom stereocenters. The number of amides is 1. The summed E-state index contributed by atoms with van der Waals surface area (Å²) in [6.45, 7) is -0.723. The van der Waals surface area contributed by atoms with Crippen LogP contribution in [0, 0.1) is 20.2 Å². The van der Waals surface area contributed by atoms with Crippen LogP contribution in [0.3, 0.4) is 0 Å². The van der Waals surface area contributed by atoms with E-state index >= 15 is 0 Å². The lowest BCUT2D eigenvalue weighted by Crippen LogP contribution is -2.37. The van der Waals surface area contributed by atoms with E-state index in [0.717, 1.165) is 24.5 Å². The van der Waals surface area contributed by atoms with E-state index in [4.69, 9.17) is 11.6 Å². The lowest BCUT2D eigenvalue weighted by Gasteiger charge is -2.21. The fourth-order valence-corrected chi connectivity index (χ4v) is 3.22. The van der Waals surface area contributed by atoms with Crippen molar-refractivity contribution >= 4 is 50.3 Å². The van der Waals surface area contributed by atoms with Crippen LogP contribution in [0.25, 0.3) is 0 Å². The van der Waals surface area contributed by atoms with Gasteiger partial charge in [-0.3, -0.25) is 29.3 Å². The van der Waals surface area contributed by atoms with Gasteiger partial charge in [-0.05, 0) is 12.1 Å². The Labute approximate surface area is 163 Å². The number of nitro groups is 2. The van der Waals surface area contributed by atoms with Crippen molar-refractivity contribution in [1.29, 1.82) is 0 Å². The summed E-state index contributed by atoms with van der Waals surface area (Å²) in [5.74, 6) is -0.848. The van der Waals surface area contributed by atoms with Gasteiger partial charge in [0.15, 0.2) is 0 Å². The zero-order valence-electron chi connectivity index (χ0n) is 14.2. The number of carbonyl (C=O) groups excluding carboxylic acids is 1. The highest BCUT2D eigenvalue weighted by Crippen LogP contribution is 2.27. The Morgan fingerprint density at radius 2 is 1.71 bits per heavy atom. The van der Waals surface area contributed by atoms with Gasteiger partial charge < -0.3 is 5.32 Å². The zero-order valence-corrected chi connectivity index (χ0v) is 15.8. The van der Waals surface area contributed by atoms with Gasteiger partial charge in [0.25, 0.3) is 11.4 Å². The first-order valence-corrected chi connectivity index (χ1v) is 9.67. The molecule has 0 fully saturated rings. The number of rotatable bonds is 7. The molecule has 0 heterocycles. The number of anilines is 2. The predicted octanol–water partition coefficient (Wildman–Crippen LogP) is 2.56. The topological polar surface area (TPSA) is 153 Å². The third kappa shape index (κ3) is 5.14. The fourth-order valence-electron chi connectivity index (χ4n) is 2.20. The maximum absolute atomic E-state index is 12.3. The van der Waals surface area contributed by atoms with Crippen LogP contribution in [-0.2, 0) is 14.8 Å². The molecule has 1 amide bonds. The van der Waals surface area contributed by atoms with Crippen LogP contribution >= 0.6 is 11.6 Å². The maximum atomic E-state index is 12.3. The fraction of sp³-hybridized carbons (Fsp3) is 0.133. The number of sulfonamides is 1. The number of nitrogens with one attached hydrogen (secondary N) is 1. The summed E-state index contributed by atoms with van der Waals surface area (Å²) in [7, 11) is -3.97. The minimum atomic E-state index is -3.97. The van der Waals surface area contributed by atoms with Crippen LogP contribution in [0.5, 0.6) is 0 Å². The summed E-state index contributed by atoms with van der Waals surface area (Å²) in [5, 5.41) is 24.1. The van der Waals surface area contributed by atoms with Crippen molar-refractivity contribution in [3.8, 4) is 0 Å². The number of benzene rings is 2. The normalized spacial score (nSPS) is 10.9. The monoisotopic (exact) mass is 428 g/mol. The van der Waals surface area contributed by atoms with E-state index in [1.54, 1.807) is 0 Å². The first-order chi connectivity index (χ1) is 13.0. The number of carbonyl (C=O) groups is 1. The van der Waals surface area contributed by atoms with Gasteiger partial charge in [0, 0.05) is 24.3 Å². The summed E-state index contributed by atoms with van der Waals surface area (Å²) >= 11 is 5.90. The molecule has 2 rings (SSSR count). The van der Waals surface area contributed by atoms with E-state index in [-0.39, 0.29) is 27.8 Å². The highest BCUT2D eigenvalue weighted by molar-refractivity contribution is 7.92. The average molecular weight is 429 g/mol. The molecule has 0 saturated heterocycles. The van der Waals surface area contributed by atoms with Gasteiger partial charge in [-0.25, -0.2) is 8.42 Å². The van der Waals surface area contributed by atoms with Crippen LogP contribution < -0.4 is 9.62 Å². The van der Waals surface area contributed by atoms with Gasteiger partial charge in [-0.2, -0.15) is 0 Å². The summed E-state index contributed by atoms with van der Waals surface area (Å²) < 4.78 is 24.8. The highest BCUT2D eigenvalue weighted by Gasteiger charge is 2.23. The van der Waals surface area contributed by atoms with Crippen molar-refractivity contribution in [2.45, 2.75) is 0 Å². The third-order valence-electron chi connectivity index (χ3n) is 3.45. The Bertz CT molecular complexity index is 1060. The number of halogens is 1. The van der Waals surface area contributed by atoms with Crippen LogP contribution in [0.4, 0.5) is 22.7 Å². The van der Waals surface area contributed by atoms with Gasteiger partial charge >= 0.3 is 0 Å². The Hall–Kier alpha value is -3.25.